The summed E-state index contributed by atoms with van der Waals surface area (Å²) < 4.78 is 5.30. The first kappa shape index (κ1) is 18.7. The highest BCUT2D eigenvalue weighted by Gasteiger charge is 2.34. The van der Waals surface area contributed by atoms with Gasteiger partial charge in [0.05, 0.1) is 33.3 Å². The molecule has 0 saturated carbocycles. The van der Waals surface area contributed by atoms with E-state index in [1.807, 2.05) is 48.5 Å². The molecule has 1 fully saturated rings. The molecule has 1 aliphatic rings. The third kappa shape index (κ3) is 4.57. The number of piperazine rings is 1. The van der Waals surface area contributed by atoms with Gasteiger partial charge in [-0.25, -0.2) is 4.79 Å². The first-order valence-electron chi connectivity index (χ1n) is 8.97. The first-order chi connectivity index (χ1) is 13.1. The van der Waals surface area contributed by atoms with Crippen LogP contribution in [0.3, 0.4) is 0 Å². The molecule has 1 heterocycles. The number of nitrogens with one attached hydrogen (secondary N) is 2. The van der Waals surface area contributed by atoms with Gasteiger partial charge in [0.25, 0.3) is 5.91 Å². The maximum atomic E-state index is 12.6. The van der Waals surface area contributed by atoms with E-state index in [-0.39, 0.29) is 5.91 Å². The standard InChI is InChI=1S/C20H24N4O3/c1-27-17-9-5-8-16(14-17)23-10-12-24(13-11-23)18(19(25)22-20(21)26)15-6-3-2-4-7-15/h2-9,14,18H,10-13H2,1H3,(H3,21,22,25,26)/p+1/t18-/m0/s1. The van der Waals surface area contributed by atoms with Crippen molar-refractivity contribution in [3.63, 3.8) is 0 Å². The maximum absolute atomic E-state index is 12.6. The van der Waals surface area contributed by atoms with E-state index in [4.69, 9.17) is 10.5 Å². The Hall–Kier alpha value is -3.06. The number of ether oxygens (including phenoxy) is 1. The van der Waals surface area contributed by atoms with Crippen molar-refractivity contribution in [2.24, 2.45) is 5.73 Å². The number of quaternary nitrogens is 1. The Balaban J connectivity index is 1.74. The molecule has 1 atom stereocenters. The molecule has 1 aliphatic heterocycles. The highest BCUT2D eigenvalue weighted by atomic mass is 16.5. The summed E-state index contributed by atoms with van der Waals surface area (Å²) in [4.78, 5) is 27.2. The number of hydrogen-bond donors (Lipinski definition) is 3. The van der Waals surface area contributed by atoms with Crippen LogP contribution in [0.4, 0.5) is 10.5 Å². The molecule has 0 aromatic heterocycles. The number of primary amides is 1. The van der Waals surface area contributed by atoms with Crippen molar-refractivity contribution in [2.75, 3.05) is 38.2 Å². The Kier molecular flexibility index (Phi) is 5.93. The minimum absolute atomic E-state index is 0.362. The van der Waals surface area contributed by atoms with Crippen LogP contribution < -0.4 is 25.6 Å². The van der Waals surface area contributed by atoms with Gasteiger partial charge in [0.15, 0.2) is 6.04 Å². The zero-order chi connectivity index (χ0) is 19.2. The maximum Gasteiger partial charge on any atom is 0.319 e. The van der Waals surface area contributed by atoms with Gasteiger partial charge in [0.1, 0.15) is 5.75 Å². The summed E-state index contributed by atoms with van der Waals surface area (Å²) >= 11 is 0. The minimum atomic E-state index is -0.824. The van der Waals surface area contributed by atoms with Crippen molar-refractivity contribution >= 4 is 17.6 Å². The summed E-state index contributed by atoms with van der Waals surface area (Å²) in [5.74, 6) is 0.462. The van der Waals surface area contributed by atoms with E-state index < -0.39 is 12.1 Å². The molecule has 0 unspecified atom stereocenters. The molecule has 142 valence electrons. The van der Waals surface area contributed by atoms with E-state index in [1.165, 1.54) is 0 Å². The second kappa shape index (κ2) is 8.55. The number of benzene rings is 2. The Morgan fingerprint density at radius 2 is 1.81 bits per heavy atom. The van der Waals surface area contributed by atoms with Crippen molar-refractivity contribution in [3.05, 3.63) is 60.2 Å². The van der Waals surface area contributed by atoms with Gasteiger partial charge in [-0.1, -0.05) is 36.4 Å². The molecular weight excluding hydrogens is 344 g/mol. The molecule has 7 nitrogen and oxygen atoms in total. The number of urea groups is 1. The topological polar surface area (TPSA) is 89.1 Å². The highest BCUT2D eigenvalue weighted by Crippen LogP contribution is 2.21. The van der Waals surface area contributed by atoms with Crippen LogP contribution in [0, 0.1) is 0 Å². The SMILES string of the molecule is COc1cccc(N2CC[NH+]([C@H](C(=O)NC(N)=O)c3ccccc3)CC2)c1. The van der Waals surface area contributed by atoms with E-state index in [0.29, 0.717) is 0 Å². The van der Waals surface area contributed by atoms with Crippen LogP contribution in [-0.2, 0) is 4.79 Å². The lowest BCUT2D eigenvalue weighted by Gasteiger charge is -2.37. The number of methoxy groups -OCH3 is 1. The minimum Gasteiger partial charge on any atom is -0.497 e. The number of hydrogen-bond acceptors (Lipinski definition) is 4. The predicted octanol–water partition coefficient (Wildman–Crippen LogP) is 0.336. The fourth-order valence-electron chi connectivity index (χ4n) is 3.56. The van der Waals surface area contributed by atoms with Crippen LogP contribution in [0.2, 0.25) is 0 Å². The van der Waals surface area contributed by atoms with Crippen LogP contribution in [0.1, 0.15) is 11.6 Å². The number of nitrogens with two attached hydrogens (primary N) is 1. The van der Waals surface area contributed by atoms with Crippen LogP contribution in [0.15, 0.2) is 54.6 Å². The van der Waals surface area contributed by atoms with Crippen LogP contribution in [0.25, 0.3) is 0 Å². The number of carbonyl (C=O) groups excluding carboxylic acids is 2. The van der Waals surface area contributed by atoms with Crippen molar-refractivity contribution in [1.29, 1.82) is 0 Å². The van der Waals surface area contributed by atoms with Gasteiger partial charge in [0.2, 0.25) is 0 Å². The van der Waals surface area contributed by atoms with Crippen LogP contribution >= 0.6 is 0 Å². The summed E-state index contributed by atoms with van der Waals surface area (Å²) in [6.45, 7) is 3.14. The third-order valence-electron chi connectivity index (χ3n) is 4.87. The van der Waals surface area contributed by atoms with Crippen molar-refractivity contribution in [1.82, 2.24) is 5.32 Å². The lowest BCUT2D eigenvalue weighted by molar-refractivity contribution is -0.922. The molecular formula is C20H25N4O3+. The average molecular weight is 369 g/mol. The zero-order valence-electron chi connectivity index (χ0n) is 15.4. The zero-order valence-corrected chi connectivity index (χ0v) is 15.4. The predicted molar refractivity (Wildman–Crippen MR) is 103 cm³/mol. The number of nitrogens with zero attached hydrogens (tertiary/aromatic N) is 1. The quantitative estimate of drug-likeness (QED) is 0.709. The van der Waals surface area contributed by atoms with E-state index >= 15 is 0 Å². The van der Waals surface area contributed by atoms with Crippen LogP contribution in [-0.4, -0.2) is 45.2 Å². The Morgan fingerprint density at radius 1 is 1.11 bits per heavy atom. The normalized spacial score (nSPS) is 15.8. The van der Waals surface area contributed by atoms with Gasteiger partial charge in [-0.2, -0.15) is 0 Å². The Morgan fingerprint density at radius 3 is 2.44 bits per heavy atom. The second-order valence-electron chi connectivity index (χ2n) is 6.54. The third-order valence-corrected chi connectivity index (χ3v) is 4.87. The highest BCUT2D eigenvalue weighted by molar-refractivity contribution is 5.96. The van der Waals surface area contributed by atoms with Gasteiger partial charge in [-0.3, -0.25) is 10.1 Å². The van der Waals surface area contributed by atoms with Crippen LogP contribution in [0.5, 0.6) is 5.75 Å². The second-order valence-corrected chi connectivity index (χ2v) is 6.54. The summed E-state index contributed by atoms with van der Waals surface area (Å²) in [6.07, 6.45) is 0. The summed E-state index contributed by atoms with van der Waals surface area (Å²) in [6, 6.07) is 16.2. The molecule has 4 N–H and O–H groups in total. The van der Waals surface area contributed by atoms with Gasteiger partial charge in [-0.05, 0) is 12.1 Å². The molecule has 27 heavy (non-hydrogen) atoms. The number of imide groups is 1. The van der Waals surface area contributed by atoms with Gasteiger partial charge < -0.3 is 20.3 Å². The molecule has 3 rings (SSSR count). The van der Waals surface area contributed by atoms with E-state index in [2.05, 4.69) is 16.3 Å². The van der Waals surface area contributed by atoms with Crippen molar-refractivity contribution in [2.45, 2.75) is 6.04 Å². The number of rotatable bonds is 5. The summed E-state index contributed by atoms with van der Waals surface area (Å²) in [5.41, 5.74) is 7.14. The number of carbonyl (C=O) groups is 2. The molecule has 7 heteroatoms. The number of anilines is 1. The van der Waals surface area contributed by atoms with E-state index in [1.54, 1.807) is 7.11 Å². The molecule has 2 aromatic carbocycles. The fraction of sp³-hybridized carbons (Fsp3) is 0.300. The molecule has 0 radical (unpaired) electrons. The smallest absolute Gasteiger partial charge is 0.319 e. The van der Waals surface area contributed by atoms with Gasteiger partial charge >= 0.3 is 6.03 Å². The average Bonchev–Trinajstić information content (AvgIpc) is 2.69. The molecule has 0 spiro atoms. The Bertz CT molecular complexity index is 789. The largest absolute Gasteiger partial charge is 0.497 e. The molecule has 1 saturated heterocycles. The summed E-state index contributed by atoms with van der Waals surface area (Å²) in [7, 11) is 1.66. The molecule has 2 aromatic rings. The lowest BCUT2D eigenvalue weighted by Crippen LogP contribution is -3.16. The van der Waals surface area contributed by atoms with Crippen molar-refractivity contribution in [3.8, 4) is 5.75 Å². The first-order valence-corrected chi connectivity index (χ1v) is 8.97. The van der Waals surface area contributed by atoms with E-state index in [9.17, 15) is 9.59 Å². The van der Waals surface area contributed by atoms with Crippen molar-refractivity contribution < 1.29 is 19.2 Å². The van der Waals surface area contributed by atoms with Gasteiger partial charge in [-0.15, -0.1) is 0 Å². The molecule has 0 bridgehead atoms. The Labute approximate surface area is 158 Å². The van der Waals surface area contributed by atoms with E-state index in [0.717, 1.165) is 48.1 Å². The summed E-state index contributed by atoms with van der Waals surface area (Å²) in [5, 5.41) is 2.25. The molecule has 3 amide bonds. The van der Waals surface area contributed by atoms with Gasteiger partial charge in [0, 0.05) is 17.3 Å². The fourth-order valence-corrected chi connectivity index (χ4v) is 3.56. The lowest BCUT2D eigenvalue weighted by atomic mass is 10.0. The number of amides is 3. The molecule has 0 aliphatic carbocycles. The monoisotopic (exact) mass is 369 g/mol.